The predicted molar refractivity (Wildman–Crippen MR) is 82.5 cm³/mol. The summed E-state index contributed by atoms with van der Waals surface area (Å²) in [5, 5.41) is 12.0. The minimum atomic E-state index is -0.276. The van der Waals surface area contributed by atoms with Crippen LogP contribution in [0.1, 0.15) is 26.2 Å². The maximum absolute atomic E-state index is 11.8. The number of amides is 1. The van der Waals surface area contributed by atoms with E-state index in [0.29, 0.717) is 17.8 Å². The number of nitrogens with zero attached hydrogens (tertiary/aromatic N) is 1. The van der Waals surface area contributed by atoms with Gasteiger partial charge in [0.05, 0.1) is 17.5 Å². The molecule has 0 saturated carbocycles. The summed E-state index contributed by atoms with van der Waals surface area (Å²) in [6.45, 7) is 3.46. The quantitative estimate of drug-likeness (QED) is 0.633. The first-order valence-corrected chi connectivity index (χ1v) is 7.00. The number of rotatable bonds is 8. The second-order valence-corrected chi connectivity index (χ2v) is 5.18. The second kappa shape index (κ2) is 8.55. The molecule has 4 N–H and O–H groups in total. The van der Waals surface area contributed by atoms with E-state index in [1.54, 1.807) is 19.1 Å². The fourth-order valence-corrected chi connectivity index (χ4v) is 1.85. The first-order valence-electron chi connectivity index (χ1n) is 7.00. The molecule has 0 heterocycles. The van der Waals surface area contributed by atoms with Gasteiger partial charge in [0.2, 0.25) is 5.91 Å². The van der Waals surface area contributed by atoms with Crippen LogP contribution in [0.3, 0.4) is 0 Å². The molecule has 0 aromatic heterocycles. The fraction of sp³-hybridized carbons (Fsp3) is 0.533. The van der Waals surface area contributed by atoms with E-state index in [-0.39, 0.29) is 12.0 Å². The zero-order valence-electron chi connectivity index (χ0n) is 12.3. The second-order valence-electron chi connectivity index (χ2n) is 5.18. The molecule has 1 amide bonds. The summed E-state index contributed by atoms with van der Waals surface area (Å²) in [6.07, 6.45) is 1.73. The summed E-state index contributed by atoms with van der Waals surface area (Å²) in [5.74, 6) is -0.0215. The van der Waals surface area contributed by atoms with Crippen molar-refractivity contribution in [3.05, 3.63) is 24.3 Å². The van der Waals surface area contributed by atoms with Gasteiger partial charge in [0.1, 0.15) is 0 Å². The molecular formula is C15H25N3O2. The van der Waals surface area contributed by atoms with Gasteiger partial charge in [-0.3, -0.25) is 4.79 Å². The number of nitrogen functional groups attached to an aromatic ring is 1. The van der Waals surface area contributed by atoms with Gasteiger partial charge in [-0.1, -0.05) is 12.1 Å². The average Bonchev–Trinajstić information content (AvgIpc) is 2.39. The van der Waals surface area contributed by atoms with Crippen molar-refractivity contribution in [3.63, 3.8) is 0 Å². The van der Waals surface area contributed by atoms with Crippen molar-refractivity contribution in [2.75, 3.05) is 31.2 Å². The Morgan fingerprint density at radius 2 is 2.10 bits per heavy atom. The van der Waals surface area contributed by atoms with Gasteiger partial charge >= 0.3 is 0 Å². The molecule has 112 valence electrons. The van der Waals surface area contributed by atoms with E-state index in [1.807, 2.05) is 19.2 Å². The smallest absolute Gasteiger partial charge is 0.224 e. The van der Waals surface area contributed by atoms with Gasteiger partial charge in [-0.2, -0.15) is 0 Å². The summed E-state index contributed by atoms with van der Waals surface area (Å²) in [6, 6.07) is 7.24. The zero-order chi connectivity index (χ0) is 15.0. The standard InChI is InChI=1S/C15H25N3O2/c1-12(19)9-11-18(2)10-5-8-15(20)17-14-7-4-3-6-13(14)16/h3-4,6-7,12,19H,5,8-11,16H2,1-2H3,(H,17,20). The molecule has 0 radical (unpaired) electrons. The molecule has 0 aliphatic heterocycles. The number of nitrogens with one attached hydrogen (secondary N) is 1. The van der Waals surface area contributed by atoms with Crippen molar-refractivity contribution < 1.29 is 9.90 Å². The molecule has 0 bridgehead atoms. The van der Waals surface area contributed by atoms with E-state index in [2.05, 4.69) is 10.2 Å². The molecule has 1 unspecified atom stereocenters. The minimum Gasteiger partial charge on any atom is -0.397 e. The van der Waals surface area contributed by atoms with Crippen LogP contribution in [-0.4, -0.2) is 42.2 Å². The molecule has 1 atom stereocenters. The first-order chi connectivity index (χ1) is 9.49. The molecule has 0 fully saturated rings. The van der Waals surface area contributed by atoms with Crippen molar-refractivity contribution in [2.24, 2.45) is 0 Å². The number of carbonyl (C=O) groups is 1. The first kappa shape index (κ1) is 16.5. The molecule has 1 aromatic rings. The van der Waals surface area contributed by atoms with Gasteiger partial charge in [-0.25, -0.2) is 0 Å². The highest BCUT2D eigenvalue weighted by atomic mass is 16.3. The lowest BCUT2D eigenvalue weighted by Gasteiger charge is -2.17. The zero-order valence-corrected chi connectivity index (χ0v) is 12.3. The SMILES string of the molecule is CC(O)CCN(C)CCCC(=O)Nc1ccccc1N. The summed E-state index contributed by atoms with van der Waals surface area (Å²) in [4.78, 5) is 13.9. The van der Waals surface area contributed by atoms with E-state index >= 15 is 0 Å². The Bertz CT molecular complexity index is 421. The Kier molecular flexibility index (Phi) is 7.04. The number of hydrogen-bond donors (Lipinski definition) is 3. The molecule has 0 aliphatic rings. The molecule has 1 rings (SSSR count). The monoisotopic (exact) mass is 279 g/mol. The summed E-state index contributed by atoms with van der Waals surface area (Å²) < 4.78 is 0. The number of carbonyl (C=O) groups excluding carboxylic acids is 1. The van der Waals surface area contributed by atoms with Gasteiger partial charge < -0.3 is 21.1 Å². The lowest BCUT2D eigenvalue weighted by molar-refractivity contribution is -0.116. The van der Waals surface area contributed by atoms with Crippen LogP contribution in [0.2, 0.25) is 0 Å². The Balaban J connectivity index is 2.22. The number of hydrogen-bond acceptors (Lipinski definition) is 4. The highest BCUT2D eigenvalue weighted by Crippen LogP contribution is 2.16. The third-order valence-electron chi connectivity index (χ3n) is 3.11. The third kappa shape index (κ3) is 6.54. The Labute approximate surface area is 120 Å². The number of para-hydroxylation sites is 2. The maximum atomic E-state index is 11.8. The molecule has 0 saturated heterocycles. The Morgan fingerprint density at radius 3 is 2.75 bits per heavy atom. The number of nitrogens with two attached hydrogens (primary N) is 1. The van der Waals surface area contributed by atoms with Gasteiger partial charge in [0.15, 0.2) is 0 Å². The average molecular weight is 279 g/mol. The van der Waals surface area contributed by atoms with Gasteiger partial charge in [0, 0.05) is 13.0 Å². The third-order valence-corrected chi connectivity index (χ3v) is 3.11. The number of anilines is 2. The molecule has 20 heavy (non-hydrogen) atoms. The highest BCUT2D eigenvalue weighted by molar-refractivity contribution is 5.93. The van der Waals surface area contributed by atoms with Crippen LogP contribution in [0.4, 0.5) is 11.4 Å². The predicted octanol–water partition coefficient (Wildman–Crippen LogP) is 1.69. The Hall–Kier alpha value is -1.59. The lowest BCUT2D eigenvalue weighted by atomic mass is 10.2. The molecule has 0 spiro atoms. The molecule has 0 aliphatic carbocycles. The fourth-order valence-electron chi connectivity index (χ4n) is 1.85. The van der Waals surface area contributed by atoms with Crippen molar-refractivity contribution in [2.45, 2.75) is 32.3 Å². The number of aliphatic hydroxyl groups is 1. The highest BCUT2D eigenvalue weighted by Gasteiger charge is 2.06. The van der Waals surface area contributed by atoms with E-state index in [4.69, 9.17) is 5.73 Å². The topological polar surface area (TPSA) is 78.6 Å². The molecule has 5 nitrogen and oxygen atoms in total. The normalized spacial score (nSPS) is 12.4. The van der Waals surface area contributed by atoms with Gasteiger partial charge in [0.25, 0.3) is 0 Å². The summed E-state index contributed by atoms with van der Waals surface area (Å²) >= 11 is 0. The van der Waals surface area contributed by atoms with Gasteiger partial charge in [-0.05, 0) is 45.5 Å². The van der Waals surface area contributed by atoms with Crippen LogP contribution in [0.25, 0.3) is 0 Å². The lowest BCUT2D eigenvalue weighted by Crippen LogP contribution is -2.24. The molecule has 5 heteroatoms. The number of benzene rings is 1. The number of aliphatic hydroxyl groups excluding tert-OH is 1. The van der Waals surface area contributed by atoms with Crippen molar-refractivity contribution in [1.82, 2.24) is 4.90 Å². The van der Waals surface area contributed by atoms with Gasteiger partial charge in [-0.15, -0.1) is 0 Å². The largest absolute Gasteiger partial charge is 0.397 e. The van der Waals surface area contributed by atoms with Crippen LogP contribution in [0.15, 0.2) is 24.3 Å². The Morgan fingerprint density at radius 1 is 1.40 bits per heavy atom. The van der Waals surface area contributed by atoms with Crippen LogP contribution in [-0.2, 0) is 4.79 Å². The van der Waals surface area contributed by atoms with Crippen LogP contribution < -0.4 is 11.1 Å². The maximum Gasteiger partial charge on any atom is 0.224 e. The van der Waals surface area contributed by atoms with Crippen molar-refractivity contribution in [3.8, 4) is 0 Å². The summed E-state index contributed by atoms with van der Waals surface area (Å²) in [7, 11) is 2.00. The van der Waals surface area contributed by atoms with E-state index in [9.17, 15) is 9.90 Å². The van der Waals surface area contributed by atoms with Crippen LogP contribution in [0, 0.1) is 0 Å². The van der Waals surface area contributed by atoms with E-state index < -0.39 is 0 Å². The minimum absolute atomic E-state index is 0.0215. The van der Waals surface area contributed by atoms with Crippen LogP contribution in [0.5, 0.6) is 0 Å². The molecular weight excluding hydrogens is 254 g/mol. The van der Waals surface area contributed by atoms with E-state index in [1.165, 1.54) is 0 Å². The van der Waals surface area contributed by atoms with Crippen molar-refractivity contribution >= 4 is 17.3 Å². The van der Waals surface area contributed by atoms with Crippen molar-refractivity contribution in [1.29, 1.82) is 0 Å². The van der Waals surface area contributed by atoms with Crippen LogP contribution >= 0.6 is 0 Å². The van der Waals surface area contributed by atoms with E-state index in [0.717, 1.165) is 25.9 Å². The molecule has 1 aromatic carbocycles. The summed E-state index contributed by atoms with van der Waals surface area (Å²) in [5.41, 5.74) is 7.01.